The number of nitro groups is 1. The number of rotatable bonds is 5. The van der Waals surface area contributed by atoms with Crippen molar-refractivity contribution in [2.24, 2.45) is 0 Å². The molecule has 0 radical (unpaired) electrons. The van der Waals surface area contributed by atoms with Crippen LogP contribution in [0.5, 0.6) is 0 Å². The molecule has 0 N–H and O–H groups in total. The molecule has 1 aromatic heterocycles. The van der Waals surface area contributed by atoms with Crippen LogP contribution in [0.15, 0.2) is 15.8 Å². The normalized spacial score (nSPS) is 11.0. The summed E-state index contributed by atoms with van der Waals surface area (Å²) in [6, 6.07) is 0. The van der Waals surface area contributed by atoms with E-state index in [0.717, 1.165) is 4.57 Å². The molecule has 1 aromatic rings. The maximum atomic E-state index is 12.3. The Morgan fingerprint density at radius 2 is 1.90 bits per heavy atom. The Morgan fingerprint density at radius 1 is 1.35 bits per heavy atom. The monoisotopic (exact) mass is 319 g/mol. The Kier molecular flexibility index (Phi) is 7.38. The van der Waals surface area contributed by atoms with E-state index in [1.165, 1.54) is 0 Å². The fourth-order valence-corrected chi connectivity index (χ4v) is 1.53. The second-order valence-electron chi connectivity index (χ2n) is 3.87. The zero-order chi connectivity index (χ0) is 14.8. The molecule has 0 unspecified atom stereocenters. The molecule has 1 rings (SSSR count). The summed E-state index contributed by atoms with van der Waals surface area (Å²) in [7, 11) is 0. The Bertz CT molecular complexity index is 612. The quantitative estimate of drug-likeness (QED) is 0.348. The topological polar surface area (TPSA) is 87.1 Å². The van der Waals surface area contributed by atoms with Gasteiger partial charge in [0.05, 0.1) is 11.1 Å². The molecule has 0 aliphatic carbocycles. The fraction of sp³-hybridized carbons (Fsp3) is 0.500. The van der Waals surface area contributed by atoms with Crippen LogP contribution in [-0.4, -0.2) is 21.0 Å². The van der Waals surface area contributed by atoms with Gasteiger partial charge in [-0.15, -0.1) is 0 Å². The second-order valence-corrected chi connectivity index (χ2v) is 3.87. The van der Waals surface area contributed by atoms with Crippen molar-refractivity contribution in [3.63, 3.8) is 0 Å². The summed E-state index contributed by atoms with van der Waals surface area (Å²) in [5, 5.41) is 10.6. The van der Waals surface area contributed by atoms with Gasteiger partial charge in [-0.05, 0) is 6.42 Å². The molecule has 0 saturated heterocycles. The number of nitrogens with zero attached hydrogens (tertiary/aromatic N) is 3. The molecule has 20 heavy (non-hydrogen) atoms. The van der Waals surface area contributed by atoms with Crippen LogP contribution < -0.4 is 62.6 Å². The van der Waals surface area contributed by atoms with Crippen LogP contribution in [0.2, 0.25) is 0 Å². The van der Waals surface area contributed by atoms with E-state index in [-0.39, 0.29) is 62.5 Å². The summed E-state index contributed by atoms with van der Waals surface area (Å²) in [6.45, 7) is -3.83. The van der Waals surface area contributed by atoms with Crippen molar-refractivity contribution in [2.45, 2.75) is 26.3 Å². The largest absolute Gasteiger partial charge is 1.00 e. The summed E-state index contributed by atoms with van der Waals surface area (Å²) in [5.41, 5.74) is -3.79. The zero-order valence-electron chi connectivity index (χ0n) is 10.9. The number of aromatic nitrogens is 2. The van der Waals surface area contributed by atoms with Gasteiger partial charge < -0.3 is 12.9 Å². The summed E-state index contributed by atoms with van der Waals surface area (Å²) < 4.78 is 37.6. The number of hydrogen-bond acceptors (Lipinski definition) is 4. The van der Waals surface area contributed by atoms with Crippen LogP contribution in [0.1, 0.15) is 13.3 Å². The summed E-state index contributed by atoms with van der Waals surface area (Å²) in [5.74, 6) is 0. The Labute approximate surface area is 153 Å². The molecule has 0 fully saturated rings. The molecule has 0 spiro atoms. The number of halogens is 3. The molecule has 0 aliphatic heterocycles. The zero-order valence-corrected chi connectivity index (χ0v) is 14.0. The minimum atomic E-state index is -5.46. The van der Waals surface area contributed by atoms with Gasteiger partial charge in [0, 0.05) is 13.0 Å². The number of aryl methyl sites for hydroxylation is 1. The van der Waals surface area contributed by atoms with E-state index < -0.39 is 35.3 Å². The van der Waals surface area contributed by atoms with Crippen molar-refractivity contribution in [2.75, 3.05) is 0 Å². The predicted octanol–water partition coefficient (Wildman–Crippen LogP) is -2.28. The standard InChI is InChI=1S/C8H10BF3N3O4.K/c1-2-3-13-4-6(15(18)19)7(16)14(8(13)17)5-9(10,11)12;/h4H,2-3,5H2,1H3;/q-1;+1. The third kappa shape index (κ3) is 4.84. The summed E-state index contributed by atoms with van der Waals surface area (Å²) in [6.07, 6.45) is -0.733. The van der Waals surface area contributed by atoms with E-state index in [0.29, 0.717) is 12.6 Å². The first-order valence-electron chi connectivity index (χ1n) is 5.37. The van der Waals surface area contributed by atoms with Crippen LogP contribution in [0.25, 0.3) is 0 Å². The van der Waals surface area contributed by atoms with Crippen molar-refractivity contribution in [1.29, 1.82) is 0 Å². The Hall–Kier alpha value is -0.429. The van der Waals surface area contributed by atoms with Gasteiger partial charge in [0.15, 0.2) is 0 Å². The molecule has 0 bridgehead atoms. The van der Waals surface area contributed by atoms with Crippen LogP contribution in [0.4, 0.5) is 18.6 Å². The molecule has 12 heteroatoms. The molecule has 0 amide bonds. The Balaban J connectivity index is 0.00000361. The average molecular weight is 319 g/mol. The molecule has 106 valence electrons. The third-order valence-corrected chi connectivity index (χ3v) is 2.27. The van der Waals surface area contributed by atoms with Crippen LogP contribution >= 0.6 is 0 Å². The first-order valence-corrected chi connectivity index (χ1v) is 5.37. The molecule has 0 aliphatic rings. The molecule has 0 saturated carbocycles. The van der Waals surface area contributed by atoms with E-state index >= 15 is 0 Å². The molecular formula is C8H10BF3KN3O4. The Morgan fingerprint density at radius 3 is 2.30 bits per heavy atom. The van der Waals surface area contributed by atoms with Gasteiger partial charge in [0.1, 0.15) is 0 Å². The SMILES string of the molecule is CCCn1cc([N+](=O)[O-])c(=O)n(C[B-](F)(F)F)c1=O.[K+]. The maximum Gasteiger partial charge on any atom is 1.00 e. The molecule has 1 heterocycles. The molecule has 7 nitrogen and oxygen atoms in total. The van der Waals surface area contributed by atoms with Crippen molar-refractivity contribution in [1.82, 2.24) is 9.13 Å². The van der Waals surface area contributed by atoms with Crippen molar-refractivity contribution in [3.8, 4) is 0 Å². The fourth-order valence-electron chi connectivity index (χ4n) is 1.53. The van der Waals surface area contributed by atoms with Gasteiger partial charge in [-0.2, -0.15) is 0 Å². The predicted molar refractivity (Wildman–Crippen MR) is 61.0 cm³/mol. The third-order valence-electron chi connectivity index (χ3n) is 2.27. The van der Waals surface area contributed by atoms with E-state index in [2.05, 4.69) is 0 Å². The molecular weight excluding hydrogens is 309 g/mol. The minimum Gasteiger partial charge on any atom is -0.448 e. The smallest absolute Gasteiger partial charge is 0.448 e. The van der Waals surface area contributed by atoms with E-state index in [1.807, 2.05) is 0 Å². The van der Waals surface area contributed by atoms with E-state index in [9.17, 15) is 32.7 Å². The van der Waals surface area contributed by atoms with Crippen molar-refractivity contribution < 1.29 is 69.3 Å². The molecule has 0 atom stereocenters. The van der Waals surface area contributed by atoms with Crippen molar-refractivity contribution >= 4 is 12.7 Å². The van der Waals surface area contributed by atoms with Crippen LogP contribution in [0, 0.1) is 10.1 Å². The van der Waals surface area contributed by atoms with E-state index in [1.54, 1.807) is 6.92 Å². The van der Waals surface area contributed by atoms with Gasteiger partial charge in [-0.1, -0.05) is 6.92 Å². The van der Waals surface area contributed by atoms with E-state index in [4.69, 9.17) is 0 Å². The molecule has 0 aromatic carbocycles. The first-order chi connectivity index (χ1) is 8.67. The van der Waals surface area contributed by atoms with Gasteiger partial charge in [0.2, 0.25) is 0 Å². The summed E-state index contributed by atoms with van der Waals surface area (Å²) >= 11 is 0. The second kappa shape index (κ2) is 7.54. The van der Waals surface area contributed by atoms with Gasteiger partial charge in [0.25, 0.3) is 0 Å². The summed E-state index contributed by atoms with van der Waals surface area (Å²) in [4.78, 5) is 32.6. The van der Waals surface area contributed by atoms with Crippen LogP contribution in [0.3, 0.4) is 0 Å². The number of hydrogen-bond donors (Lipinski definition) is 0. The minimum absolute atomic E-state index is 0. The van der Waals surface area contributed by atoms with Gasteiger partial charge in [-0.3, -0.25) is 24.0 Å². The average Bonchev–Trinajstić information content (AvgIpc) is 2.26. The van der Waals surface area contributed by atoms with Gasteiger partial charge >= 0.3 is 75.3 Å². The van der Waals surface area contributed by atoms with Crippen molar-refractivity contribution in [3.05, 3.63) is 37.1 Å². The van der Waals surface area contributed by atoms with Crippen LogP contribution in [-0.2, 0) is 13.0 Å². The van der Waals surface area contributed by atoms with Gasteiger partial charge in [-0.25, -0.2) is 4.79 Å². The maximum absolute atomic E-state index is 12.3. The first kappa shape index (κ1) is 19.6.